The van der Waals surface area contributed by atoms with Crippen molar-refractivity contribution < 1.29 is 4.74 Å². The van der Waals surface area contributed by atoms with Crippen molar-refractivity contribution in [2.45, 2.75) is 32.4 Å². The molecule has 18 heavy (non-hydrogen) atoms. The molecule has 2 atom stereocenters. The van der Waals surface area contributed by atoms with Crippen LogP contribution in [0.25, 0.3) is 0 Å². The lowest BCUT2D eigenvalue weighted by atomic mass is 10.1. The summed E-state index contributed by atoms with van der Waals surface area (Å²) in [5, 5.41) is 6.92. The molecule has 0 saturated heterocycles. The van der Waals surface area contributed by atoms with Gasteiger partial charge in [-0.15, -0.1) is 0 Å². The molecule has 0 saturated carbocycles. The van der Waals surface area contributed by atoms with E-state index < -0.39 is 0 Å². The Morgan fingerprint density at radius 2 is 1.89 bits per heavy atom. The van der Waals surface area contributed by atoms with Crippen LogP contribution in [-0.4, -0.2) is 32.8 Å². The van der Waals surface area contributed by atoms with Crippen molar-refractivity contribution in [1.82, 2.24) is 10.6 Å². The SMILES string of the molecule is CCCNCC(C)NCC(OC)c1ccccc1. The predicted octanol–water partition coefficient (Wildman–Crippen LogP) is 2.35. The second-order valence-corrected chi connectivity index (χ2v) is 4.65. The standard InChI is InChI=1S/C15H26N2O/c1-4-10-16-11-13(2)17-12-15(18-3)14-8-6-5-7-9-14/h5-9,13,15-17H,4,10-12H2,1-3H3. The van der Waals surface area contributed by atoms with E-state index in [1.54, 1.807) is 7.11 Å². The van der Waals surface area contributed by atoms with E-state index in [0.717, 1.165) is 19.6 Å². The van der Waals surface area contributed by atoms with Crippen LogP contribution in [0.4, 0.5) is 0 Å². The quantitative estimate of drug-likeness (QED) is 0.660. The van der Waals surface area contributed by atoms with Gasteiger partial charge in [0.25, 0.3) is 0 Å². The highest BCUT2D eigenvalue weighted by molar-refractivity contribution is 5.17. The van der Waals surface area contributed by atoms with Crippen LogP contribution in [0.5, 0.6) is 0 Å². The summed E-state index contributed by atoms with van der Waals surface area (Å²) in [6.07, 6.45) is 1.30. The highest BCUT2D eigenvalue weighted by atomic mass is 16.5. The number of rotatable bonds is 9. The molecule has 3 heteroatoms. The van der Waals surface area contributed by atoms with Gasteiger partial charge in [0.15, 0.2) is 0 Å². The summed E-state index contributed by atoms with van der Waals surface area (Å²) in [6.45, 7) is 7.30. The molecule has 0 radical (unpaired) electrons. The number of hydrogen-bond acceptors (Lipinski definition) is 3. The van der Waals surface area contributed by atoms with E-state index in [-0.39, 0.29) is 6.10 Å². The average molecular weight is 250 g/mol. The maximum Gasteiger partial charge on any atom is 0.0945 e. The lowest BCUT2D eigenvalue weighted by Gasteiger charge is -2.20. The minimum absolute atomic E-state index is 0.125. The van der Waals surface area contributed by atoms with E-state index in [2.05, 4.69) is 36.6 Å². The van der Waals surface area contributed by atoms with Gasteiger partial charge in [0, 0.05) is 26.2 Å². The summed E-state index contributed by atoms with van der Waals surface area (Å²) in [4.78, 5) is 0. The lowest BCUT2D eigenvalue weighted by molar-refractivity contribution is 0.0999. The summed E-state index contributed by atoms with van der Waals surface area (Å²) < 4.78 is 5.53. The Bertz CT molecular complexity index is 303. The Morgan fingerprint density at radius 3 is 2.50 bits per heavy atom. The Hall–Kier alpha value is -0.900. The molecule has 0 aliphatic heterocycles. The highest BCUT2D eigenvalue weighted by Crippen LogP contribution is 2.14. The molecule has 2 N–H and O–H groups in total. The minimum atomic E-state index is 0.125. The summed E-state index contributed by atoms with van der Waals surface area (Å²) in [5.41, 5.74) is 1.22. The molecule has 0 aliphatic rings. The van der Waals surface area contributed by atoms with Gasteiger partial charge in [0.05, 0.1) is 6.10 Å². The maximum absolute atomic E-state index is 5.53. The largest absolute Gasteiger partial charge is 0.375 e. The normalized spacial score (nSPS) is 14.4. The monoisotopic (exact) mass is 250 g/mol. The molecular weight excluding hydrogens is 224 g/mol. The second-order valence-electron chi connectivity index (χ2n) is 4.65. The van der Waals surface area contributed by atoms with E-state index >= 15 is 0 Å². The Morgan fingerprint density at radius 1 is 1.17 bits per heavy atom. The first-order chi connectivity index (χ1) is 8.77. The van der Waals surface area contributed by atoms with Gasteiger partial charge in [-0.3, -0.25) is 0 Å². The fourth-order valence-corrected chi connectivity index (χ4v) is 1.88. The van der Waals surface area contributed by atoms with E-state index in [9.17, 15) is 0 Å². The number of hydrogen-bond donors (Lipinski definition) is 2. The van der Waals surface area contributed by atoms with Crippen LogP contribution in [0.15, 0.2) is 30.3 Å². The van der Waals surface area contributed by atoms with Gasteiger partial charge in [-0.05, 0) is 25.5 Å². The number of nitrogens with one attached hydrogen (secondary N) is 2. The van der Waals surface area contributed by atoms with Crippen molar-refractivity contribution >= 4 is 0 Å². The maximum atomic E-state index is 5.53. The zero-order chi connectivity index (χ0) is 13.2. The van der Waals surface area contributed by atoms with E-state index in [0.29, 0.717) is 6.04 Å². The van der Waals surface area contributed by atoms with Crippen LogP contribution in [0.2, 0.25) is 0 Å². The van der Waals surface area contributed by atoms with Crippen LogP contribution in [0.1, 0.15) is 31.9 Å². The van der Waals surface area contributed by atoms with Crippen LogP contribution in [-0.2, 0) is 4.74 Å². The zero-order valence-electron chi connectivity index (χ0n) is 11.8. The van der Waals surface area contributed by atoms with Crippen molar-refractivity contribution in [2.24, 2.45) is 0 Å². The van der Waals surface area contributed by atoms with Crippen molar-refractivity contribution in [2.75, 3.05) is 26.7 Å². The van der Waals surface area contributed by atoms with Gasteiger partial charge in [0.2, 0.25) is 0 Å². The molecule has 0 bridgehead atoms. The summed E-state index contributed by atoms with van der Waals surface area (Å²) in [6, 6.07) is 10.8. The van der Waals surface area contributed by atoms with E-state index in [1.165, 1.54) is 12.0 Å². The van der Waals surface area contributed by atoms with Gasteiger partial charge < -0.3 is 15.4 Å². The lowest BCUT2D eigenvalue weighted by Crippen LogP contribution is -2.38. The summed E-state index contributed by atoms with van der Waals surface area (Å²) >= 11 is 0. The smallest absolute Gasteiger partial charge is 0.0945 e. The fourth-order valence-electron chi connectivity index (χ4n) is 1.88. The van der Waals surface area contributed by atoms with Crippen LogP contribution < -0.4 is 10.6 Å². The van der Waals surface area contributed by atoms with Crippen LogP contribution in [0, 0.1) is 0 Å². The Balaban J connectivity index is 2.31. The molecule has 0 heterocycles. The Labute approximate surface area is 111 Å². The molecule has 1 aromatic carbocycles. The molecule has 1 aromatic rings. The minimum Gasteiger partial charge on any atom is -0.375 e. The molecule has 3 nitrogen and oxygen atoms in total. The molecule has 0 spiro atoms. The molecule has 2 unspecified atom stereocenters. The molecule has 0 aromatic heterocycles. The first-order valence-electron chi connectivity index (χ1n) is 6.79. The average Bonchev–Trinajstić information content (AvgIpc) is 2.41. The number of ether oxygens (including phenoxy) is 1. The van der Waals surface area contributed by atoms with E-state index in [1.807, 2.05) is 18.2 Å². The topological polar surface area (TPSA) is 33.3 Å². The first-order valence-corrected chi connectivity index (χ1v) is 6.79. The molecule has 0 amide bonds. The zero-order valence-corrected chi connectivity index (χ0v) is 11.8. The third-order valence-electron chi connectivity index (χ3n) is 2.98. The number of benzene rings is 1. The van der Waals surface area contributed by atoms with Crippen molar-refractivity contribution in [3.05, 3.63) is 35.9 Å². The second kappa shape index (κ2) is 9.09. The molecule has 1 rings (SSSR count). The molecule has 102 valence electrons. The van der Waals surface area contributed by atoms with Gasteiger partial charge in [-0.25, -0.2) is 0 Å². The van der Waals surface area contributed by atoms with E-state index in [4.69, 9.17) is 4.74 Å². The summed E-state index contributed by atoms with van der Waals surface area (Å²) in [5.74, 6) is 0. The predicted molar refractivity (Wildman–Crippen MR) is 76.8 cm³/mol. The summed E-state index contributed by atoms with van der Waals surface area (Å²) in [7, 11) is 1.76. The fraction of sp³-hybridized carbons (Fsp3) is 0.600. The third kappa shape index (κ3) is 5.63. The Kier molecular flexibility index (Phi) is 7.65. The first kappa shape index (κ1) is 15.2. The van der Waals surface area contributed by atoms with Gasteiger partial charge in [-0.1, -0.05) is 37.3 Å². The van der Waals surface area contributed by atoms with Gasteiger partial charge in [-0.2, -0.15) is 0 Å². The molecular formula is C15H26N2O. The number of methoxy groups -OCH3 is 1. The van der Waals surface area contributed by atoms with Gasteiger partial charge in [0.1, 0.15) is 0 Å². The molecule has 0 fully saturated rings. The molecule has 0 aliphatic carbocycles. The van der Waals surface area contributed by atoms with Crippen LogP contribution in [0.3, 0.4) is 0 Å². The van der Waals surface area contributed by atoms with Crippen molar-refractivity contribution in [3.8, 4) is 0 Å². The van der Waals surface area contributed by atoms with Crippen molar-refractivity contribution in [3.63, 3.8) is 0 Å². The van der Waals surface area contributed by atoms with Crippen LogP contribution >= 0.6 is 0 Å². The third-order valence-corrected chi connectivity index (χ3v) is 2.98. The van der Waals surface area contributed by atoms with Gasteiger partial charge >= 0.3 is 0 Å². The highest BCUT2D eigenvalue weighted by Gasteiger charge is 2.11. The van der Waals surface area contributed by atoms with Crippen molar-refractivity contribution in [1.29, 1.82) is 0 Å².